The summed E-state index contributed by atoms with van der Waals surface area (Å²) in [7, 11) is 0. The fraction of sp³-hybridized carbons (Fsp3) is 0.692. The molecule has 2 heterocycles. The van der Waals surface area contributed by atoms with Gasteiger partial charge in [-0.1, -0.05) is 6.92 Å². The Morgan fingerprint density at radius 3 is 2.72 bits per heavy atom. The molecule has 0 atom stereocenters. The summed E-state index contributed by atoms with van der Waals surface area (Å²) in [5.74, 6) is 0.842. The second-order valence-corrected chi connectivity index (χ2v) is 4.83. The molecule has 0 saturated carbocycles. The molecule has 0 bridgehead atoms. The maximum atomic E-state index is 9.45. The van der Waals surface area contributed by atoms with Gasteiger partial charge in [0.15, 0.2) is 0 Å². The van der Waals surface area contributed by atoms with Crippen molar-refractivity contribution in [2.75, 3.05) is 25.0 Å². The van der Waals surface area contributed by atoms with Gasteiger partial charge in [0.1, 0.15) is 5.82 Å². The number of piperidine rings is 1. The molecule has 1 saturated heterocycles. The fourth-order valence-electron chi connectivity index (χ4n) is 2.09. The highest BCUT2D eigenvalue weighted by Gasteiger charge is 2.17. The summed E-state index contributed by atoms with van der Waals surface area (Å²) in [5, 5.41) is 12.7. The molecule has 2 N–H and O–H groups in total. The number of anilines is 1. The van der Waals surface area contributed by atoms with E-state index in [0.717, 1.165) is 57.0 Å². The normalized spacial score (nSPS) is 17.9. The van der Waals surface area contributed by atoms with E-state index in [1.165, 1.54) is 0 Å². The largest absolute Gasteiger partial charge is 0.393 e. The van der Waals surface area contributed by atoms with Crippen LogP contribution in [0.15, 0.2) is 12.4 Å². The van der Waals surface area contributed by atoms with E-state index >= 15 is 0 Å². The quantitative estimate of drug-likeness (QED) is 0.823. The molecule has 100 valence electrons. The molecular formula is C13H22N4O. The number of aliphatic hydroxyl groups excluding tert-OH is 1. The van der Waals surface area contributed by atoms with E-state index in [1.54, 1.807) is 6.20 Å². The van der Waals surface area contributed by atoms with E-state index in [4.69, 9.17) is 0 Å². The molecule has 1 fully saturated rings. The van der Waals surface area contributed by atoms with Crippen LogP contribution in [0.5, 0.6) is 0 Å². The van der Waals surface area contributed by atoms with Gasteiger partial charge in [-0.05, 0) is 19.3 Å². The standard InChI is InChI=1S/C13H22N4O/c1-2-5-14-13-9-15-11(8-16-13)10-17-6-3-12(18)4-7-17/h8-9,12,18H,2-7,10H2,1H3,(H,14,16). The third-order valence-corrected chi connectivity index (χ3v) is 3.20. The van der Waals surface area contributed by atoms with Gasteiger partial charge in [-0.25, -0.2) is 4.98 Å². The van der Waals surface area contributed by atoms with Crippen molar-refractivity contribution in [1.82, 2.24) is 14.9 Å². The van der Waals surface area contributed by atoms with E-state index in [-0.39, 0.29) is 6.10 Å². The Labute approximate surface area is 108 Å². The van der Waals surface area contributed by atoms with Crippen LogP contribution in [0.1, 0.15) is 31.9 Å². The Balaban J connectivity index is 1.82. The van der Waals surface area contributed by atoms with Crippen LogP contribution in [0.3, 0.4) is 0 Å². The Bertz CT molecular complexity index is 347. The molecule has 1 aliphatic rings. The topological polar surface area (TPSA) is 61.3 Å². The summed E-state index contributed by atoms with van der Waals surface area (Å²) in [4.78, 5) is 11.1. The molecule has 0 spiro atoms. The number of hydrogen-bond acceptors (Lipinski definition) is 5. The highest BCUT2D eigenvalue weighted by molar-refractivity contribution is 5.30. The van der Waals surface area contributed by atoms with E-state index in [9.17, 15) is 5.11 Å². The van der Waals surface area contributed by atoms with Crippen molar-refractivity contribution in [3.8, 4) is 0 Å². The van der Waals surface area contributed by atoms with Crippen LogP contribution in [0.25, 0.3) is 0 Å². The van der Waals surface area contributed by atoms with Gasteiger partial charge in [0.2, 0.25) is 0 Å². The third-order valence-electron chi connectivity index (χ3n) is 3.20. The van der Waals surface area contributed by atoms with Gasteiger partial charge >= 0.3 is 0 Å². The van der Waals surface area contributed by atoms with E-state index in [0.29, 0.717) is 0 Å². The Morgan fingerprint density at radius 2 is 2.11 bits per heavy atom. The maximum absolute atomic E-state index is 9.45. The first-order valence-electron chi connectivity index (χ1n) is 6.73. The second-order valence-electron chi connectivity index (χ2n) is 4.83. The molecule has 2 rings (SSSR count). The molecule has 5 nitrogen and oxygen atoms in total. The Kier molecular flexibility index (Phi) is 4.90. The van der Waals surface area contributed by atoms with Crippen molar-refractivity contribution in [3.63, 3.8) is 0 Å². The van der Waals surface area contributed by atoms with Crippen LogP contribution in [0.2, 0.25) is 0 Å². The molecule has 0 aliphatic carbocycles. The van der Waals surface area contributed by atoms with Crippen molar-refractivity contribution >= 4 is 5.82 Å². The molecule has 1 aliphatic heterocycles. The number of aromatic nitrogens is 2. The molecule has 0 unspecified atom stereocenters. The number of nitrogens with one attached hydrogen (secondary N) is 1. The average molecular weight is 250 g/mol. The predicted molar refractivity (Wildman–Crippen MR) is 71.3 cm³/mol. The molecule has 5 heteroatoms. The summed E-state index contributed by atoms with van der Waals surface area (Å²) in [5.41, 5.74) is 0.994. The third kappa shape index (κ3) is 3.92. The SMILES string of the molecule is CCCNc1cnc(CN2CCC(O)CC2)cn1. The predicted octanol–water partition coefficient (Wildman–Crippen LogP) is 1.26. The van der Waals surface area contributed by atoms with Crippen molar-refractivity contribution in [2.45, 2.75) is 38.8 Å². The molecular weight excluding hydrogens is 228 g/mol. The molecule has 0 aromatic carbocycles. The van der Waals surface area contributed by atoms with Gasteiger partial charge < -0.3 is 10.4 Å². The lowest BCUT2D eigenvalue weighted by Gasteiger charge is -2.28. The van der Waals surface area contributed by atoms with Crippen molar-refractivity contribution < 1.29 is 5.11 Å². The van der Waals surface area contributed by atoms with Crippen molar-refractivity contribution in [1.29, 1.82) is 0 Å². The summed E-state index contributed by atoms with van der Waals surface area (Å²) < 4.78 is 0. The number of hydrogen-bond donors (Lipinski definition) is 2. The number of nitrogens with zero attached hydrogens (tertiary/aromatic N) is 3. The van der Waals surface area contributed by atoms with Gasteiger partial charge in [0.25, 0.3) is 0 Å². The van der Waals surface area contributed by atoms with Crippen molar-refractivity contribution in [2.24, 2.45) is 0 Å². The fourth-order valence-corrected chi connectivity index (χ4v) is 2.09. The molecule has 1 aromatic rings. The highest BCUT2D eigenvalue weighted by atomic mass is 16.3. The minimum Gasteiger partial charge on any atom is -0.393 e. The second kappa shape index (κ2) is 6.66. The number of likely N-dealkylation sites (tertiary alicyclic amines) is 1. The zero-order chi connectivity index (χ0) is 12.8. The van der Waals surface area contributed by atoms with Gasteiger partial charge in [-0.3, -0.25) is 9.88 Å². The highest BCUT2D eigenvalue weighted by Crippen LogP contribution is 2.12. The smallest absolute Gasteiger partial charge is 0.144 e. The lowest BCUT2D eigenvalue weighted by molar-refractivity contribution is 0.0786. The number of rotatable bonds is 5. The summed E-state index contributed by atoms with van der Waals surface area (Å²) in [6, 6.07) is 0. The van der Waals surface area contributed by atoms with Crippen LogP contribution < -0.4 is 5.32 Å². The molecule has 18 heavy (non-hydrogen) atoms. The van der Waals surface area contributed by atoms with Gasteiger partial charge in [-0.15, -0.1) is 0 Å². The number of aliphatic hydroxyl groups is 1. The van der Waals surface area contributed by atoms with Crippen LogP contribution >= 0.6 is 0 Å². The monoisotopic (exact) mass is 250 g/mol. The molecule has 0 amide bonds. The summed E-state index contributed by atoms with van der Waals surface area (Å²) in [6.45, 7) is 5.77. The Hall–Kier alpha value is -1.20. The van der Waals surface area contributed by atoms with Crippen LogP contribution in [-0.2, 0) is 6.54 Å². The molecule has 1 aromatic heterocycles. The molecule has 0 radical (unpaired) electrons. The van der Waals surface area contributed by atoms with Crippen LogP contribution in [0, 0.1) is 0 Å². The minimum absolute atomic E-state index is 0.118. The van der Waals surface area contributed by atoms with E-state index in [1.807, 2.05) is 6.20 Å². The average Bonchev–Trinajstić information content (AvgIpc) is 2.41. The van der Waals surface area contributed by atoms with Gasteiger partial charge in [0.05, 0.1) is 24.2 Å². The lowest BCUT2D eigenvalue weighted by Crippen LogP contribution is -2.35. The maximum Gasteiger partial charge on any atom is 0.144 e. The van der Waals surface area contributed by atoms with E-state index in [2.05, 4.69) is 27.1 Å². The van der Waals surface area contributed by atoms with E-state index < -0.39 is 0 Å². The zero-order valence-corrected chi connectivity index (χ0v) is 11.0. The van der Waals surface area contributed by atoms with Gasteiger partial charge in [0, 0.05) is 26.2 Å². The van der Waals surface area contributed by atoms with Crippen LogP contribution in [-0.4, -0.2) is 45.7 Å². The van der Waals surface area contributed by atoms with Crippen LogP contribution in [0.4, 0.5) is 5.82 Å². The first-order valence-corrected chi connectivity index (χ1v) is 6.73. The Morgan fingerprint density at radius 1 is 1.33 bits per heavy atom. The lowest BCUT2D eigenvalue weighted by atomic mass is 10.1. The zero-order valence-electron chi connectivity index (χ0n) is 11.0. The summed E-state index contributed by atoms with van der Waals surface area (Å²) in [6.07, 6.45) is 6.33. The van der Waals surface area contributed by atoms with Crippen molar-refractivity contribution in [3.05, 3.63) is 18.1 Å². The first-order chi connectivity index (χ1) is 8.78. The minimum atomic E-state index is -0.118. The van der Waals surface area contributed by atoms with Gasteiger partial charge in [-0.2, -0.15) is 0 Å². The summed E-state index contributed by atoms with van der Waals surface area (Å²) >= 11 is 0. The first kappa shape index (κ1) is 13.2.